The van der Waals surface area contributed by atoms with Crippen molar-refractivity contribution in [2.75, 3.05) is 9.80 Å². The summed E-state index contributed by atoms with van der Waals surface area (Å²) in [5, 5.41) is 2.55. The molecule has 2 aromatic heterocycles. The molecule has 0 bridgehead atoms. The van der Waals surface area contributed by atoms with Crippen molar-refractivity contribution in [2.45, 2.75) is 55.4 Å². The molecule has 10 rings (SSSR count). The van der Waals surface area contributed by atoms with Crippen LogP contribution in [0.2, 0.25) is 0 Å². The van der Waals surface area contributed by atoms with Crippen LogP contribution in [0.3, 0.4) is 0 Å². The first-order valence-electron chi connectivity index (χ1n) is 22.3. The molecular formula is C60H54N4. The van der Waals surface area contributed by atoms with E-state index in [0.29, 0.717) is 0 Å². The molecule has 8 aromatic carbocycles. The Morgan fingerprint density at radius 3 is 0.797 bits per heavy atom. The van der Waals surface area contributed by atoms with Crippen LogP contribution in [0.4, 0.5) is 34.1 Å². The monoisotopic (exact) mass is 830 g/mol. The summed E-state index contributed by atoms with van der Waals surface area (Å²) in [6.45, 7) is 17.5. The average molecular weight is 831 g/mol. The number of benzene rings is 8. The van der Waals surface area contributed by atoms with E-state index >= 15 is 0 Å². The number of hydrogen-bond acceptors (Lipinski definition) is 2. The molecule has 4 nitrogen and oxygen atoms in total. The lowest BCUT2D eigenvalue weighted by molar-refractivity contribution is 1.04. The van der Waals surface area contributed by atoms with Gasteiger partial charge in [-0.05, 0) is 199 Å². The molecule has 64 heavy (non-hydrogen) atoms. The maximum Gasteiger partial charge on any atom is 0.0534 e. The second kappa shape index (κ2) is 16.3. The van der Waals surface area contributed by atoms with Crippen LogP contribution in [-0.2, 0) is 0 Å². The highest BCUT2D eigenvalue weighted by Gasteiger charge is 2.19. The molecule has 0 radical (unpaired) electrons. The standard InChI is InChI=1S/C60H54N4/c1-39-9-19-51(20-10-39)63(52-21-11-40(2)12-22-52)55-31-27-49(28-32-55)61-45(7)43(5)57-37-47(17-35-59(57)61)48-18-36-60-58(38-48)44(6)46(8)62(60)50-29-33-56(34-30-50)64(53-23-13-41(3)14-24-53)54-25-15-42(4)16-26-54/h9-38H,1-8H3. The van der Waals surface area contributed by atoms with Crippen LogP contribution in [0.25, 0.3) is 44.3 Å². The van der Waals surface area contributed by atoms with Gasteiger partial charge in [0, 0.05) is 67.7 Å². The molecule has 0 fully saturated rings. The molecule has 0 spiro atoms. The third-order valence-electron chi connectivity index (χ3n) is 13.3. The van der Waals surface area contributed by atoms with Gasteiger partial charge < -0.3 is 18.9 Å². The van der Waals surface area contributed by atoms with Crippen LogP contribution in [0.1, 0.15) is 44.8 Å². The summed E-state index contributed by atoms with van der Waals surface area (Å²) in [5.41, 5.74) is 24.1. The van der Waals surface area contributed by atoms with Crippen LogP contribution in [0.5, 0.6) is 0 Å². The van der Waals surface area contributed by atoms with Gasteiger partial charge in [-0.15, -0.1) is 0 Å². The lowest BCUT2D eigenvalue weighted by Gasteiger charge is -2.26. The van der Waals surface area contributed by atoms with Crippen LogP contribution >= 0.6 is 0 Å². The molecule has 314 valence electrons. The van der Waals surface area contributed by atoms with E-state index in [4.69, 9.17) is 0 Å². The first-order chi connectivity index (χ1) is 31.0. The molecule has 0 amide bonds. The lowest BCUT2D eigenvalue weighted by atomic mass is 10.00. The van der Waals surface area contributed by atoms with Gasteiger partial charge in [0.25, 0.3) is 0 Å². The highest BCUT2D eigenvalue weighted by Crippen LogP contribution is 2.40. The fraction of sp³-hybridized carbons (Fsp3) is 0.133. The zero-order valence-corrected chi connectivity index (χ0v) is 38.1. The van der Waals surface area contributed by atoms with Gasteiger partial charge in [0.2, 0.25) is 0 Å². The van der Waals surface area contributed by atoms with Gasteiger partial charge in [-0.3, -0.25) is 0 Å². The number of nitrogens with zero attached hydrogens (tertiary/aromatic N) is 4. The summed E-state index contributed by atoms with van der Waals surface area (Å²) < 4.78 is 4.81. The molecule has 2 heterocycles. The van der Waals surface area contributed by atoms with Crippen molar-refractivity contribution in [1.29, 1.82) is 0 Å². The molecule has 0 saturated carbocycles. The van der Waals surface area contributed by atoms with Crippen LogP contribution in [0, 0.1) is 55.4 Å². The predicted octanol–water partition coefficient (Wildman–Crippen LogP) is 16.6. The Balaban J connectivity index is 0.965. The molecule has 0 N–H and O–H groups in total. The van der Waals surface area contributed by atoms with Crippen LogP contribution in [0.15, 0.2) is 182 Å². The molecule has 0 aliphatic rings. The average Bonchev–Trinajstić information content (AvgIpc) is 3.72. The second-order valence-corrected chi connectivity index (χ2v) is 17.6. The SMILES string of the molecule is Cc1ccc(N(c2ccc(C)cc2)c2ccc(-n3c(C)c(C)c4cc(-c5ccc6c(c5)c(C)c(C)n6-c5ccc(N(c6ccc(C)cc6)c6ccc(C)cc6)cc5)ccc43)cc2)cc1. The topological polar surface area (TPSA) is 16.3 Å². The second-order valence-electron chi connectivity index (χ2n) is 17.6. The van der Waals surface area contributed by atoms with E-state index in [2.05, 4.69) is 256 Å². The summed E-state index contributed by atoms with van der Waals surface area (Å²) in [6, 6.07) is 67.0. The summed E-state index contributed by atoms with van der Waals surface area (Å²) in [7, 11) is 0. The van der Waals surface area contributed by atoms with Crippen molar-refractivity contribution in [1.82, 2.24) is 9.13 Å². The van der Waals surface area contributed by atoms with E-state index in [1.54, 1.807) is 0 Å². The highest BCUT2D eigenvalue weighted by atomic mass is 15.1. The minimum atomic E-state index is 1.12. The van der Waals surface area contributed by atoms with Crippen molar-refractivity contribution in [2.24, 2.45) is 0 Å². The largest absolute Gasteiger partial charge is 0.314 e. The Hall–Kier alpha value is -7.56. The van der Waals surface area contributed by atoms with E-state index in [1.165, 1.54) is 77.7 Å². The number of aromatic nitrogens is 2. The van der Waals surface area contributed by atoms with Crippen molar-refractivity contribution in [3.63, 3.8) is 0 Å². The summed E-state index contributed by atoms with van der Waals surface area (Å²) >= 11 is 0. The Labute approximate surface area is 377 Å². The van der Waals surface area contributed by atoms with Gasteiger partial charge in [0.15, 0.2) is 0 Å². The van der Waals surface area contributed by atoms with Crippen molar-refractivity contribution < 1.29 is 0 Å². The van der Waals surface area contributed by atoms with Gasteiger partial charge in [0.05, 0.1) is 11.0 Å². The van der Waals surface area contributed by atoms with E-state index < -0.39 is 0 Å². The Morgan fingerprint density at radius 1 is 0.281 bits per heavy atom. The lowest BCUT2D eigenvalue weighted by Crippen LogP contribution is -2.10. The predicted molar refractivity (Wildman–Crippen MR) is 273 cm³/mol. The molecule has 0 aliphatic heterocycles. The first-order valence-corrected chi connectivity index (χ1v) is 22.3. The molecule has 0 aliphatic carbocycles. The maximum absolute atomic E-state index is 2.41. The summed E-state index contributed by atoms with van der Waals surface area (Å²) in [4.78, 5) is 4.66. The third-order valence-corrected chi connectivity index (χ3v) is 13.3. The summed E-state index contributed by atoms with van der Waals surface area (Å²) in [5.74, 6) is 0. The van der Waals surface area contributed by atoms with Crippen LogP contribution in [-0.4, -0.2) is 9.13 Å². The first kappa shape index (κ1) is 40.5. The van der Waals surface area contributed by atoms with E-state index in [0.717, 1.165) is 45.5 Å². The zero-order chi connectivity index (χ0) is 44.2. The van der Waals surface area contributed by atoms with E-state index in [1.807, 2.05) is 0 Å². The van der Waals surface area contributed by atoms with E-state index in [9.17, 15) is 0 Å². The number of aryl methyl sites for hydroxylation is 6. The molecule has 4 heteroatoms. The zero-order valence-electron chi connectivity index (χ0n) is 38.1. The molecule has 10 aromatic rings. The minimum Gasteiger partial charge on any atom is -0.314 e. The summed E-state index contributed by atoms with van der Waals surface area (Å²) in [6.07, 6.45) is 0. The molecule has 0 saturated heterocycles. The number of anilines is 6. The van der Waals surface area contributed by atoms with Crippen molar-refractivity contribution in [3.05, 3.63) is 227 Å². The van der Waals surface area contributed by atoms with Gasteiger partial charge in [-0.1, -0.05) is 82.9 Å². The van der Waals surface area contributed by atoms with Gasteiger partial charge in [-0.25, -0.2) is 0 Å². The molecule has 0 unspecified atom stereocenters. The van der Waals surface area contributed by atoms with Gasteiger partial charge >= 0.3 is 0 Å². The fourth-order valence-electron chi connectivity index (χ4n) is 9.35. The van der Waals surface area contributed by atoms with Crippen LogP contribution < -0.4 is 9.80 Å². The van der Waals surface area contributed by atoms with E-state index in [-0.39, 0.29) is 0 Å². The third kappa shape index (κ3) is 7.25. The van der Waals surface area contributed by atoms with Crippen molar-refractivity contribution >= 4 is 55.9 Å². The maximum atomic E-state index is 2.41. The fourth-order valence-corrected chi connectivity index (χ4v) is 9.35. The number of hydrogen-bond donors (Lipinski definition) is 0. The quantitative estimate of drug-likeness (QED) is 0.144. The Bertz CT molecular complexity index is 2980. The Kier molecular flexibility index (Phi) is 10.3. The number of rotatable bonds is 9. The minimum absolute atomic E-state index is 1.12. The Morgan fingerprint density at radius 2 is 0.531 bits per heavy atom. The van der Waals surface area contributed by atoms with Gasteiger partial charge in [-0.2, -0.15) is 0 Å². The molecule has 0 atom stereocenters. The van der Waals surface area contributed by atoms with Crippen molar-refractivity contribution in [3.8, 4) is 22.5 Å². The number of fused-ring (bicyclic) bond motifs is 2. The normalized spacial score (nSPS) is 11.4. The highest BCUT2D eigenvalue weighted by molar-refractivity contribution is 5.95. The molecular weight excluding hydrogens is 777 g/mol. The smallest absolute Gasteiger partial charge is 0.0534 e. The van der Waals surface area contributed by atoms with Gasteiger partial charge in [0.1, 0.15) is 0 Å².